The Balaban J connectivity index is 1.24. The van der Waals surface area contributed by atoms with Crippen molar-refractivity contribution in [1.82, 2.24) is 24.8 Å². The summed E-state index contributed by atoms with van der Waals surface area (Å²) in [5.41, 5.74) is 3.17. The number of nitrogens with one attached hydrogen (secondary N) is 2. The number of hydrogen-bond donors (Lipinski definition) is 2. The number of para-hydroxylation sites is 2. The zero-order chi connectivity index (χ0) is 19.2. The summed E-state index contributed by atoms with van der Waals surface area (Å²) in [5.74, 6) is 1.85. The normalized spacial score (nSPS) is 11.0. The summed E-state index contributed by atoms with van der Waals surface area (Å²) in [6.45, 7) is 1.36. The van der Waals surface area contributed by atoms with Gasteiger partial charge in [-0.25, -0.2) is 9.97 Å². The summed E-state index contributed by atoms with van der Waals surface area (Å²) >= 11 is 0. The van der Waals surface area contributed by atoms with Gasteiger partial charge in [0.15, 0.2) is 0 Å². The van der Waals surface area contributed by atoms with Crippen LogP contribution in [-0.2, 0) is 24.2 Å². The lowest BCUT2D eigenvalue weighted by molar-refractivity contribution is -0.121. The molecule has 0 aliphatic heterocycles. The molecule has 2 heterocycles. The SMILES string of the molecule is O=C(CCc1nc2ccccc2[nH]1)NCCc1nccn1Cc1ccccc1. The third kappa shape index (κ3) is 4.46. The number of rotatable bonds is 8. The molecule has 28 heavy (non-hydrogen) atoms. The van der Waals surface area contributed by atoms with E-state index in [1.165, 1.54) is 5.56 Å². The summed E-state index contributed by atoms with van der Waals surface area (Å²) < 4.78 is 2.12. The molecule has 0 aliphatic carbocycles. The lowest BCUT2D eigenvalue weighted by atomic mass is 10.2. The molecule has 6 heteroatoms. The maximum atomic E-state index is 12.2. The molecular formula is C22H23N5O. The Morgan fingerprint density at radius 2 is 1.86 bits per heavy atom. The van der Waals surface area contributed by atoms with Crippen molar-refractivity contribution in [2.45, 2.75) is 25.8 Å². The highest BCUT2D eigenvalue weighted by atomic mass is 16.1. The van der Waals surface area contributed by atoms with Gasteiger partial charge in [0.05, 0.1) is 11.0 Å². The Bertz CT molecular complexity index is 1020. The van der Waals surface area contributed by atoms with Gasteiger partial charge in [-0.2, -0.15) is 0 Å². The first-order valence-corrected chi connectivity index (χ1v) is 9.52. The van der Waals surface area contributed by atoms with E-state index in [0.29, 0.717) is 25.8 Å². The highest BCUT2D eigenvalue weighted by Crippen LogP contribution is 2.11. The standard InChI is InChI=1S/C22H23N5O/c28-22(11-10-20-25-18-8-4-5-9-19(18)26-20)24-13-12-21-23-14-15-27(21)16-17-6-2-1-3-7-17/h1-9,14-15H,10-13,16H2,(H,24,28)(H,25,26). The largest absolute Gasteiger partial charge is 0.356 e. The van der Waals surface area contributed by atoms with Crippen LogP contribution in [0.4, 0.5) is 0 Å². The van der Waals surface area contributed by atoms with Crippen molar-refractivity contribution in [2.24, 2.45) is 0 Å². The van der Waals surface area contributed by atoms with E-state index in [4.69, 9.17) is 0 Å². The minimum Gasteiger partial charge on any atom is -0.356 e. The first kappa shape index (κ1) is 18.0. The lowest BCUT2D eigenvalue weighted by Gasteiger charge is -2.09. The van der Waals surface area contributed by atoms with Crippen molar-refractivity contribution in [3.05, 3.63) is 84.2 Å². The molecule has 142 valence electrons. The van der Waals surface area contributed by atoms with Crippen LogP contribution in [0.5, 0.6) is 0 Å². The number of amides is 1. The predicted octanol–water partition coefficient (Wildman–Crippen LogP) is 3.10. The van der Waals surface area contributed by atoms with E-state index < -0.39 is 0 Å². The van der Waals surface area contributed by atoms with Gasteiger partial charge in [0, 0.05) is 44.7 Å². The summed E-state index contributed by atoms with van der Waals surface area (Å²) in [5, 5.41) is 2.98. The monoisotopic (exact) mass is 373 g/mol. The third-order valence-corrected chi connectivity index (χ3v) is 4.70. The van der Waals surface area contributed by atoms with E-state index in [-0.39, 0.29) is 5.91 Å². The number of carbonyl (C=O) groups excluding carboxylic acids is 1. The van der Waals surface area contributed by atoms with Crippen molar-refractivity contribution in [2.75, 3.05) is 6.54 Å². The Kier molecular flexibility index (Phi) is 5.47. The quantitative estimate of drug-likeness (QED) is 0.498. The van der Waals surface area contributed by atoms with Crippen molar-refractivity contribution in [3.63, 3.8) is 0 Å². The van der Waals surface area contributed by atoms with E-state index in [1.807, 2.05) is 54.9 Å². The molecule has 4 aromatic rings. The van der Waals surface area contributed by atoms with Gasteiger partial charge < -0.3 is 14.9 Å². The van der Waals surface area contributed by atoms with Crippen LogP contribution in [-0.4, -0.2) is 32.0 Å². The molecule has 0 spiro atoms. The molecule has 0 saturated carbocycles. The molecular weight excluding hydrogens is 350 g/mol. The topological polar surface area (TPSA) is 75.6 Å². The molecule has 0 unspecified atom stereocenters. The average Bonchev–Trinajstić information content (AvgIpc) is 3.33. The number of aromatic nitrogens is 4. The van der Waals surface area contributed by atoms with E-state index in [9.17, 15) is 4.79 Å². The minimum atomic E-state index is 0.0293. The number of imidazole rings is 2. The van der Waals surface area contributed by atoms with Crippen molar-refractivity contribution in [3.8, 4) is 0 Å². The second-order valence-electron chi connectivity index (χ2n) is 6.76. The van der Waals surface area contributed by atoms with Crippen LogP contribution in [0.25, 0.3) is 11.0 Å². The fourth-order valence-electron chi connectivity index (χ4n) is 3.25. The Labute approximate surface area is 163 Å². The second-order valence-corrected chi connectivity index (χ2v) is 6.76. The van der Waals surface area contributed by atoms with Gasteiger partial charge in [0.25, 0.3) is 0 Å². The highest BCUT2D eigenvalue weighted by molar-refractivity contribution is 5.77. The van der Waals surface area contributed by atoms with Crippen molar-refractivity contribution in [1.29, 1.82) is 0 Å². The Morgan fingerprint density at radius 3 is 2.71 bits per heavy atom. The first-order valence-electron chi connectivity index (χ1n) is 9.52. The van der Waals surface area contributed by atoms with Crippen molar-refractivity contribution >= 4 is 16.9 Å². The van der Waals surface area contributed by atoms with Crippen LogP contribution >= 0.6 is 0 Å². The van der Waals surface area contributed by atoms with E-state index >= 15 is 0 Å². The Hall–Kier alpha value is -3.41. The number of aryl methyl sites for hydroxylation is 1. The van der Waals surface area contributed by atoms with Gasteiger partial charge >= 0.3 is 0 Å². The Morgan fingerprint density at radius 1 is 1.04 bits per heavy atom. The number of hydrogen-bond acceptors (Lipinski definition) is 3. The van der Waals surface area contributed by atoms with Crippen LogP contribution < -0.4 is 5.32 Å². The van der Waals surface area contributed by atoms with Gasteiger partial charge in [-0.3, -0.25) is 4.79 Å². The first-order chi connectivity index (χ1) is 13.8. The number of carbonyl (C=O) groups is 1. The summed E-state index contributed by atoms with van der Waals surface area (Å²) in [7, 11) is 0. The number of fused-ring (bicyclic) bond motifs is 1. The molecule has 4 rings (SSSR count). The van der Waals surface area contributed by atoms with E-state index in [0.717, 1.165) is 29.2 Å². The maximum Gasteiger partial charge on any atom is 0.220 e. The number of aromatic amines is 1. The van der Waals surface area contributed by atoms with E-state index in [1.54, 1.807) is 0 Å². The molecule has 2 aromatic heterocycles. The van der Waals surface area contributed by atoms with Gasteiger partial charge in [0.1, 0.15) is 11.6 Å². The molecule has 0 radical (unpaired) electrons. The van der Waals surface area contributed by atoms with Crippen LogP contribution in [0.3, 0.4) is 0 Å². The zero-order valence-corrected chi connectivity index (χ0v) is 15.6. The molecule has 6 nitrogen and oxygen atoms in total. The van der Waals surface area contributed by atoms with Crippen LogP contribution in [0, 0.1) is 0 Å². The van der Waals surface area contributed by atoms with Crippen LogP contribution in [0.15, 0.2) is 67.0 Å². The summed E-state index contributed by atoms with van der Waals surface area (Å²) in [6.07, 6.45) is 5.50. The third-order valence-electron chi connectivity index (χ3n) is 4.70. The smallest absolute Gasteiger partial charge is 0.220 e. The lowest BCUT2D eigenvalue weighted by Crippen LogP contribution is -2.26. The molecule has 2 aromatic carbocycles. The van der Waals surface area contributed by atoms with Gasteiger partial charge in [-0.05, 0) is 17.7 Å². The molecule has 2 N–H and O–H groups in total. The number of H-pyrrole nitrogens is 1. The molecule has 1 amide bonds. The molecule has 0 atom stereocenters. The maximum absolute atomic E-state index is 12.2. The van der Waals surface area contributed by atoms with Gasteiger partial charge in [-0.15, -0.1) is 0 Å². The summed E-state index contributed by atoms with van der Waals surface area (Å²) in [4.78, 5) is 24.3. The van der Waals surface area contributed by atoms with Gasteiger partial charge in [0.2, 0.25) is 5.91 Å². The van der Waals surface area contributed by atoms with E-state index in [2.05, 4.69) is 37.0 Å². The van der Waals surface area contributed by atoms with Crippen molar-refractivity contribution < 1.29 is 4.79 Å². The predicted molar refractivity (Wildman–Crippen MR) is 109 cm³/mol. The highest BCUT2D eigenvalue weighted by Gasteiger charge is 2.08. The van der Waals surface area contributed by atoms with Gasteiger partial charge in [-0.1, -0.05) is 42.5 Å². The molecule has 0 aliphatic rings. The van der Waals surface area contributed by atoms with Crippen LogP contribution in [0.1, 0.15) is 23.6 Å². The zero-order valence-electron chi connectivity index (χ0n) is 15.6. The molecule has 0 bridgehead atoms. The fraction of sp³-hybridized carbons (Fsp3) is 0.227. The minimum absolute atomic E-state index is 0.0293. The van der Waals surface area contributed by atoms with Crippen LogP contribution in [0.2, 0.25) is 0 Å². The fourth-order valence-corrected chi connectivity index (χ4v) is 3.25. The second kappa shape index (κ2) is 8.52. The molecule has 0 fully saturated rings. The summed E-state index contributed by atoms with van der Waals surface area (Å²) in [6, 6.07) is 18.2. The number of nitrogens with zero attached hydrogens (tertiary/aromatic N) is 3. The average molecular weight is 373 g/mol. The molecule has 0 saturated heterocycles. The number of benzene rings is 2.